The van der Waals surface area contributed by atoms with Crippen molar-refractivity contribution in [3.05, 3.63) is 11.6 Å². The van der Waals surface area contributed by atoms with E-state index >= 15 is 0 Å². The summed E-state index contributed by atoms with van der Waals surface area (Å²) >= 11 is 0. The maximum atomic E-state index is 12.5. The van der Waals surface area contributed by atoms with Gasteiger partial charge in [-0.15, -0.1) is 0 Å². The number of ether oxygens (including phenoxy) is 1. The highest BCUT2D eigenvalue weighted by Crippen LogP contribution is 2.62. The first-order valence-electron chi connectivity index (χ1n) is 8.80. The fraction of sp³-hybridized carbons (Fsp3) is 0.789. The van der Waals surface area contributed by atoms with Crippen LogP contribution in [0, 0.1) is 28.6 Å². The molecular formula is C19H28O4. The number of carbonyl (C=O) groups excluding carboxylic acids is 2. The van der Waals surface area contributed by atoms with Gasteiger partial charge < -0.3 is 9.84 Å². The molecule has 4 nitrogen and oxygen atoms in total. The highest BCUT2D eigenvalue weighted by atomic mass is 16.5. The van der Waals surface area contributed by atoms with Crippen LogP contribution >= 0.6 is 0 Å². The highest BCUT2D eigenvalue weighted by molar-refractivity contribution is 6.17. The number of hydrogen-bond acceptors (Lipinski definition) is 4. The molecule has 1 N–H and O–H groups in total. The van der Waals surface area contributed by atoms with E-state index < -0.39 is 5.97 Å². The van der Waals surface area contributed by atoms with Gasteiger partial charge >= 0.3 is 5.97 Å². The van der Waals surface area contributed by atoms with Crippen molar-refractivity contribution < 1.29 is 19.4 Å². The largest absolute Gasteiger partial charge is 0.465 e. The molecule has 0 heterocycles. The van der Waals surface area contributed by atoms with Crippen LogP contribution in [0.4, 0.5) is 0 Å². The zero-order chi connectivity index (χ0) is 16.8. The standard InChI is InChI=1S/C19H28O4/c1-18(11-20)7-4-8-19(2)14-10-15(21)13(17(22)23-3)9-12(14)5-6-16(18)19/h9,12,14,16,20H,4-8,10-11H2,1-3H3/t12-,14-,16-,18+,19+/m0/s1. The second-order valence-corrected chi connectivity index (χ2v) is 8.27. The van der Waals surface area contributed by atoms with Crippen LogP contribution in [0.1, 0.15) is 52.4 Å². The lowest BCUT2D eigenvalue weighted by molar-refractivity contribution is -0.142. The lowest BCUT2D eigenvalue weighted by atomic mass is 9.45. The molecule has 0 aromatic rings. The van der Waals surface area contributed by atoms with Gasteiger partial charge in [-0.3, -0.25) is 4.79 Å². The molecule has 23 heavy (non-hydrogen) atoms. The minimum Gasteiger partial charge on any atom is -0.465 e. The predicted molar refractivity (Wildman–Crippen MR) is 86.6 cm³/mol. The summed E-state index contributed by atoms with van der Waals surface area (Å²) in [5, 5.41) is 9.96. The summed E-state index contributed by atoms with van der Waals surface area (Å²) in [6.07, 6.45) is 7.67. The first kappa shape index (κ1) is 16.7. The minimum atomic E-state index is -0.496. The Morgan fingerprint density at radius 1 is 1.35 bits per heavy atom. The normalized spacial score (nSPS) is 43.2. The molecule has 0 saturated heterocycles. The highest BCUT2D eigenvalue weighted by Gasteiger charge is 2.57. The fourth-order valence-electron chi connectivity index (χ4n) is 5.87. The molecule has 3 aliphatic carbocycles. The van der Waals surface area contributed by atoms with Gasteiger partial charge in [-0.25, -0.2) is 4.79 Å². The molecule has 4 heteroatoms. The Hall–Kier alpha value is -1.16. The van der Waals surface area contributed by atoms with Crippen molar-refractivity contribution in [1.29, 1.82) is 0 Å². The van der Waals surface area contributed by atoms with E-state index in [-0.39, 0.29) is 40.6 Å². The number of aliphatic hydroxyl groups excluding tert-OH is 1. The van der Waals surface area contributed by atoms with E-state index in [1.807, 2.05) is 6.08 Å². The smallest absolute Gasteiger partial charge is 0.341 e. The summed E-state index contributed by atoms with van der Waals surface area (Å²) in [4.78, 5) is 24.3. The van der Waals surface area contributed by atoms with Gasteiger partial charge in [0.05, 0.1) is 12.7 Å². The second-order valence-electron chi connectivity index (χ2n) is 8.27. The molecule has 0 aromatic carbocycles. The Morgan fingerprint density at radius 3 is 2.74 bits per heavy atom. The molecule has 128 valence electrons. The van der Waals surface area contributed by atoms with Gasteiger partial charge in [0.15, 0.2) is 5.78 Å². The molecule has 0 spiro atoms. The van der Waals surface area contributed by atoms with Crippen LogP contribution < -0.4 is 0 Å². The quantitative estimate of drug-likeness (QED) is 0.628. The van der Waals surface area contributed by atoms with Crippen LogP contribution in [0.5, 0.6) is 0 Å². The number of rotatable bonds is 2. The number of ketones is 1. The van der Waals surface area contributed by atoms with Crippen LogP contribution in [0.3, 0.4) is 0 Å². The van der Waals surface area contributed by atoms with E-state index in [1.165, 1.54) is 7.11 Å². The summed E-state index contributed by atoms with van der Waals surface area (Å²) in [7, 11) is 1.33. The van der Waals surface area contributed by atoms with E-state index in [9.17, 15) is 14.7 Å². The van der Waals surface area contributed by atoms with Crippen LogP contribution in [0.25, 0.3) is 0 Å². The molecule has 0 aliphatic heterocycles. The van der Waals surface area contributed by atoms with E-state index in [4.69, 9.17) is 4.74 Å². The molecule has 0 unspecified atom stereocenters. The predicted octanol–water partition coefficient (Wildman–Crippen LogP) is 2.89. The molecule has 2 saturated carbocycles. The molecule has 0 amide bonds. The van der Waals surface area contributed by atoms with Crippen LogP contribution in [-0.4, -0.2) is 30.6 Å². The molecule has 0 aromatic heterocycles. The molecular weight excluding hydrogens is 292 g/mol. The van der Waals surface area contributed by atoms with Gasteiger partial charge in [0.1, 0.15) is 0 Å². The average Bonchev–Trinajstić information content (AvgIpc) is 2.54. The number of methoxy groups -OCH3 is 1. The Morgan fingerprint density at radius 2 is 2.09 bits per heavy atom. The third-order valence-corrected chi connectivity index (χ3v) is 7.11. The second kappa shape index (κ2) is 5.73. The summed E-state index contributed by atoms with van der Waals surface area (Å²) in [5.74, 6) is 0.453. The van der Waals surface area contributed by atoms with Crippen molar-refractivity contribution in [2.24, 2.45) is 28.6 Å². The summed E-state index contributed by atoms with van der Waals surface area (Å²) in [6, 6.07) is 0. The van der Waals surface area contributed by atoms with Gasteiger partial charge in [0.2, 0.25) is 0 Å². The zero-order valence-electron chi connectivity index (χ0n) is 14.4. The Labute approximate surface area is 138 Å². The number of carbonyl (C=O) groups is 2. The van der Waals surface area contributed by atoms with Crippen molar-refractivity contribution in [1.82, 2.24) is 0 Å². The van der Waals surface area contributed by atoms with Crippen molar-refractivity contribution in [2.75, 3.05) is 13.7 Å². The molecule has 3 aliphatic rings. The SMILES string of the molecule is COC(=O)C1=C[C@@H]2CC[C@H]3[C@@](C)(CO)CCC[C@]3(C)[C@H]2CC1=O. The summed E-state index contributed by atoms with van der Waals surface area (Å²) < 4.78 is 4.76. The lowest BCUT2D eigenvalue weighted by Gasteiger charge is -2.60. The maximum absolute atomic E-state index is 12.5. The Kier molecular flexibility index (Phi) is 4.16. The van der Waals surface area contributed by atoms with Gasteiger partial charge in [0, 0.05) is 13.0 Å². The number of allylic oxidation sites excluding steroid dienone is 1. The monoisotopic (exact) mass is 320 g/mol. The van der Waals surface area contributed by atoms with Crippen LogP contribution in [-0.2, 0) is 14.3 Å². The third kappa shape index (κ3) is 2.46. The van der Waals surface area contributed by atoms with Crippen LogP contribution in [0.15, 0.2) is 11.6 Å². The van der Waals surface area contributed by atoms with E-state index in [1.54, 1.807) is 0 Å². The maximum Gasteiger partial charge on any atom is 0.341 e. The van der Waals surface area contributed by atoms with Crippen molar-refractivity contribution in [2.45, 2.75) is 52.4 Å². The summed E-state index contributed by atoms with van der Waals surface area (Å²) in [6.45, 7) is 4.74. The number of fused-ring (bicyclic) bond motifs is 3. The molecule has 3 rings (SSSR count). The fourth-order valence-corrected chi connectivity index (χ4v) is 5.87. The summed E-state index contributed by atoms with van der Waals surface area (Å²) in [5.41, 5.74) is 0.288. The van der Waals surface area contributed by atoms with Crippen molar-refractivity contribution >= 4 is 11.8 Å². The molecule has 0 bridgehead atoms. The van der Waals surface area contributed by atoms with E-state index in [2.05, 4.69) is 13.8 Å². The van der Waals surface area contributed by atoms with Gasteiger partial charge in [-0.05, 0) is 54.3 Å². The molecule has 5 atom stereocenters. The van der Waals surface area contributed by atoms with Gasteiger partial charge in [-0.1, -0.05) is 26.3 Å². The van der Waals surface area contributed by atoms with Crippen molar-refractivity contribution in [3.8, 4) is 0 Å². The Balaban J connectivity index is 1.94. The number of Topliss-reactive ketones (excluding diaryl/α,β-unsaturated/α-hetero) is 1. The van der Waals surface area contributed by atoms with E-state index in [0.29, 0.717) is 12.3 Å². The number of aliphatic hydroxyl groups is 1. The topological polar surface area (TPSA) is 63.6 Å². The van der Waals surface area contributed by atoms with Gasteiger partial charge in [-0.2, -0.15) is 0 Å². The minimum absolute atomic E-state index is 0.0344. The zero-order valence-corrected chi connectivity index (χ0v) is 14.4. The van der Waals surface area contributed by atoms with Crippen molar-refractivity contribution in [3.63, 3.8) is 0 Å². The average molecular weight is 320 g/mol. The van der Waals surface area contributed by atoms with Crippen LogP contribution in [0.2, 0.25) is 0 Å². The number of hydrogen-bond donors (Lipinski definition) is 1. The molecule has 0 radical (unpaired) electrons. The lowest BCUT2D eigenvalue weighted by Crippen LogP contribution is -2.54. The third-order valence-electron chi connectivity index (χ3n) is 7.11. The van der Waals surface area contributed by atoms with Gasteiger partial charge in [0.25, 0.3) is 0 Å². The first-order chi connectivity index (χ1) is 10.9. The first-order valence-corrected chi connectivity index (χ1v) is 8.80. The molecule has 2 fully saturated rings. The number of esters is 1. The van der Waals surface area contributed by atoms with E-state index in [0.717, 1.165) is 32.1 Å². The Bertz CT molecular complexity index is 552.